The first kappa shape index (κ1) is 19.3. The van der Waals surface area contributed by atoms with Gasteiger partial charge in [-0.1, -0.05) is 56.8 Å². The summed E-state index contributed by atoms with van der Waals surface area (Å²) < 4.78 is 11.7. The van der Waals surface area contributed by atoms with Crippen molar-refractivity contribution < 1.29 is 9.15 Å². The molecule has 0 bridgehead atoms. The molecule has 1 saturated heterocycles. The first-order chi connectivity index (χ1) is 13.9. The van der Waals surface area contributed by atoms with Crippen molar-refractivity contribution in [3.63, 3.8) is 0 Å². The molecule has 29 heavy (non-hydrogen) atoms. The zero-order chi connectivity index (χ0) is 20.7. The predicted molar refractivity (Wildman–Crippen MR) is 119 cm³/mol. The molecule has 0 spiro atoms. The van der Waals surface area contributed by atoms with E-state index in [1.165, 1.54) is 22.3 Å². The van der Waals surface area contributed by atoms with Gasteiger partial charge in [-0.25, -0.2) is 0 Å². The quantitative estimate of drug-likeness (QED) is 0.544. The minimum absolute atomic E-state index is 0.0662. The van der Waals surface area contributed by atoms with Crippen LogP contribution in [0.1, 0.15) is 56.4 Å². The van der Waals surface area contributed by atoms with Crippen LogP contribution in [0.25, 0.3) is 6.08 Å². The molecule has 2 unspecified atom stereocenters. The summed E-state index contributed by atoms with van der Waals surface area (Å²) in [5, 5.41) is 0. The molecule has 4 rings (SSSR count). The highest BCUT2D eigenvalue weighted by Crippen LogP contribution is 2.53. The van der Waals surface area contributed by atoms with Gasteiger partial charge in [0.1, 0.15) is 17.3 Å². The largest absolute Gasteiger partial charge is 0.465 e. The second kappa shape index (κ2) is 7.44. The maximum Gasteiger partial charge on any atom is 0.134 e. The molecule has 1 aliphatic carbocycles. The van der Waals surface area contributed by atoms with Crippen LogP contribution in [0.5, 0.6) is 0 Å². The second-order valence-electron chi connectivity index (χ2n) is 8.35. The summed E-state index contributed by atoms with van der Waals surface area (Å²) in [7, 11) is 0. The van der Waals surface area contributed by atoms with E-state index >= 15 is 0 Å². The SMILES string of the molecule is C=C(C)C1=C(C)C=C2O/C(=C/c3ccco3)C(=C)C2C1c1ccc(C(C)C)cc1. The smallest absolute Gasteiger partial charge is 0.134 e. The molecule has 1 aromatic heterocycles. The van der Waals surface area contributed by atoms with Crippen LogP contribution in [-0.2, 0) is 4.74 Å². The van der Waals surface area contributed by atoms with Gasteiger partial charge < -0.3 is 9.15 Å². The van der Waals surface area contributed by atoms with Gasteiger partial charge in [-0.15, -0.1) is 0 Å². The number of allylic oxidation sites excluding steroid dienone is 6. The Morgan fingerprint density at radius 1 is 1.10 bits per heavy atom. The lowest BCUT2D eigenvalue weighted by atomic mass is 9.70. The van der Waals surface area contributed by atoms with Gasteiger partial charge in [0.05, 0.1) is 12.2 Å². The van der Waals surface area contributed by atoms with Crippen LogP contribution >= 0.6 is 0 Å². The van der Waals surface area contributed by atoms with Crippen LogP contribution in [0, 0.1) is 5.92 Å². The number of hydrogen-bond donors (Lipinski definition) is 0. The number of furan rings is 1. The van der Waals surface area contributed by atoms with Gasteiger partial charge in [-0.05, 0) is 65.8 Å². The van der Waals surface area contributed by atoms with Crippen molar-refractivity contribution in [2.45, 2.75) is 39.5 Å². The summed E-state index contributed by atoms with van der Waals surface area (Å²) in [5.41, 5.74) is 7.17. The third-order valence-electron chi connectivity index (χ3n) is 5.89. The van der Waals surface area contributed by atoms with E-state index in [1.807, 2.05) is 18.2 Å². The van der Waals surface area contributed by atoms with Gasteiger partial charge in [-0.2, -0.15) is 0 Å². The van der Waals surface area contributed by atoms with Crippen molar-refractivity contribution in [3.8, 4) is 0 Å². The van der Waals surface area contributed by atoms with Crippen molar-refractivity contribution in [2.75, 3.05) is 0 Å². The van der Waals surface area contributed by atoms with Gasteiger partial charge in [0, 0.05) is 12.0 Å². The highest BCUT2D eigenvalue weighted by molar-refractivity contribution is 5.61. The predicted octanol–water partition coefficient (Wildman–Crippen LogP) is 7.52. The Morgan fingerprint density at radius 3 is 2.41 bits per heavy atom. The topological polar surface area (TPSA) is 22.4 Å². The average molecular weight is 385 g/mol. The molecule has 148 valence electrons. The van der Waals surface area contributed by atoms with Gasteiger partial charge in [0.25, 0.3) is 0 Å². The Kier molecular flexibility index (Phi) is 4.96. The van der Waals surface area contributed by atoms with Crippen LogP contribution in [0.3, 0.4) is 0 Å². The molecule has 0 amide bonds. The normalized spacial score (nSPS) is 22.7. The molecule has 0 saturated carbocycles. The Labute approximate surface area is 173 Å². The van der Waals surface area contributed by atoms with Crippen molar-refractivity contribution in [1.29, 1.82) is 0 Å². The summed E-state index contributed by atoms with van der Waals surface area (Å²) in [6.45, 7) is 17.4. The third kappa shape index (κ3) is 3.44. The van der Waals surface area contributed by atoms with Gasteiger partial charge in [0.2, 0.25) is 0 Å². The summed E-state index contributed by atoms with van der Waals surface area (Å²) >= 11 is 0. The second-order valence-corrected chi connectivity index (χ2v) is 8.35. The number of hydrogen-bond acceptors (Lipinski definition) is 2. The summed E-state index contributed by atoms with van der Waals surface area (Å²) in [6.07, 6.45) is 5.73. The highest BCUT2D eigenvalue weighted by Gasteiger charge is 2.42. The first-order valence-corrected chi connectivity index (χ1v) is 10.2. The number of benzene rings is 1. The summed E-state index contributed by atoms with van der Waals surface area (Å²) in [4.78, 5) is 0. The van der Waals surface area contributed by atoms with Gasteiger partial charge in [-0.3, -0.25) is 0 Å². The van der Waals surface area contributed by atoms with E-state index in [4.69, 9.17) is 9.15 Å². The van der Waals surface area contributed by atoms with Gasteiger partial charge >= 0.3 is 0 Å². The first-order valence-electron chi connectivity index (χ1n) is 10.2. The van der Waals surface area contributed by atoms with E-state index in [1.54, 1.807) is 6.26 Å². The fourth-order valence-electron chi connectivity index (χ4n) is 4.44. The molecule has 2 aromatic rings. The van der Waals surface area contributed by atoms with E-state index in [0.29, 0.717) is 5.92 Å². The lowest BCUT2D eigenvalue weighted by Gasteiger charge is -2.32. The fraction of sp³-hybridized carbons (Fsp3) is 0.259. The molecule has 2 heteroatoms. The van der Waals surface area contributed by atoms with E-state index in [-0.39, 0.29) is 11.8 Å². The van der Waals surface area contributed by atoms with Crippen LogP contribution in [0.2, 0.25) is 0 Å². The number of rotatable bonds is 4. The molecule has 1 aliphatic heterocycles. The van der Waals surface area contributed by atoms with Crippen molar-refractivity contribution in [3.05, 3.63) is 113 Å². The Balaban J connectivity index is 1.80. The van der Waals surface area contributed by atoms with Crippen LogP contribution in [0.15, 0.2) is 100 Å². The molecule has 0 N–H and O–H groups in total. The lowest BCUT2D eigenvalue weighted by molar-refractivity contribution is 0.322. The van der Waals surface area contributed by atoms with Crippen LogP contribution in [0.4, 0.5) is 0 Å². The fourth-order valence-corrected chi connectivity index (χ4v) is 4.44. The average Bonchev–Trinajstić information content (AvgIpc) is 3.29. The van der Waals surface area contributed by atoms with Crippen molar-refractivity contribution in [2.24, 2.45) is 5.92 Å². The van der Waals surface area contributed by atoms with E-state index in [0.717, 1.165) is 28.4 Å². The molecular formula is C27H28O2. The molecule has 1 aromatic carbocycles. The Bertz CT molecular complexity index is 1040. The molecule has 2 heterocycles. The zero-order valence-electron chi connectivity index (χ0n) is 17.7. The maximum absolute atomic E-state index is 6.26. The third-order valence-corrected chi connectivity index (χ3v) is 5.89. The number of ether oxygens (including phenoxy) is 1. The Hall–Kier alpha value is -3.00. The minimum Gasteiger partial charge on any atom is -0.465 e. The van der Waals surface area contributed by atoms with Gasteiger partial charge in [0.15, 0.2) is 0 Å². The minimum atomic E-state index is 0.0662. The molecular weight excluding hydrogens is 356 g/mol. The monoisotopic (exact) mass is 384 g/mol. The molecule has 0 radical (unpaired) electrons. The standard InChI is InChI=1S/C27H28O2/c1-16(2)20-9-11-21(12-10-20)27-25(17(3)4)18(5)14-24-26(27)19(6)23(29-24)15-22-8-7-13-28-22/h7-16,26-27H,3,6H2,1-2,4-5H3/b23-15+. The van der Waals surface area contributed by atoms with E-state index in [2.05, 4.69) is 71.2 Å². The Morgan fingerprint density at radius 2 is 1.83 bits per heavy atom. The summed E-state index contributed by atoms with van der Waals surface area (Å²) in [5.74, 6) is 3.21. The van der Waals surface area contributed by atoms with Crippen molar-refractivity contribution >= 4 is 6.08 Å². The molecule has 1 fully saturated rings. The summed E-state index contributed by atoms with van der Waals surface area (Å²) in [6, 6.07) is 12.8. The van der Waals surface area contributed by atoms with Crippen LogP contribution in [-0.4, -0.2) is 0 Å². The lowest BCUT2D eigenvalue weighted by Crippen LogP contribution is -2.20. The highest BCUT2D eigenvalue weighted by atomic mass is 16.5. The van der Waals surface area contributed by atoms with E-state index < -0.39 is 0 Å². The maximum atomic E-state index is 6.26. The zero-order valence-corrected chi connectivity index (χ0v) is 17.7. The van der Waals surface area contributed by atoms with Crippen molar-refractivity contribution in [1.82, 2.24) is 0 Å². The van der Waals surface area contributed by atoms with E-state index in [9.17, 15) is 0 Å². The number of fused-ring (bicyclic) bond motifs is 1. The molecule has 2 aliphatic rings. The molecule has 2 nitrogen and oxygen atoms in total. The van der Waals surface area contributed by atoms with Crippen LogP contribution < -0.4 is 0 Å². The molecule has 2 atom stereocenters.